The predicted octanol–water partition coefficient (Wildman–Crippen LogP) is 2.88. The van der Waals surface area contributed by atoms with Crippen LogP contribution in [0.4, 0.5) is 4.39 Å². The van der Waals surface area contributed by atoms with Crippen LogP contribution in [-0.2, 0) is 17.9 Å². The largest absolute Gasteiger partial charge is 0.389 e. The van der Waals surface area contributed by atoms with Crippen LogP contribution in [0.5, 0.6) is 0 Å². The monoisotopic (exact) mass is 473 g/mol. The van der Waals surface area contributed by atoms with Crippen molar-refractivity contribution in [3.05, 3.63) is 75.8 Å². The fourth-order valence-electron chi connectivity index (χ4n) is 4.21. The molecule has 1 aliphatic heterocycles. The molecule has 0 radical (unpaired) electrons. The average molecular weight is 474 g/mol. The van der Waals surface area contributed by atoms with Crippen LogP contribution >= 0.6 is 11.3 Å². The van der Waals surface area contributed by atoms with Crippen LogP contribution in [0.1, 0.15) is 31.2 Å². The normalized spacial score (nSPS) is 19.8. The number of halogens is 1. The van der Waals surface area contributed by atoms with Gasteiger partial charge in [-0.25, -0.2) is 23.4 Å². The number of β-amino-alcohol motifs (C(OH)–C–C–N with tert-alkyl or cyclic N) is 1. The molecule has 3 heterocycles. The van der Waals surface area contributed by atoms with Crippen LogP contribution in [0, 0.1) is 12.7 Å². The van der Waals surface area contributed by atoms with Crippen molar-refractivity contribution in [1.82, 2.24) is 24.2 Å². The van der Waals surface area contributed by atoms with Crippen molar-refractivity contribution in [2.45, 2.75) is 58.1 Å². The van der Waals surface area contributed by atoms with E-state index >= 15 is 0 Å². The lowest BCUT2D eigenvalue weighted by Gasteiger charge is -2.41. The number of aromatic nitrogens is 4. The summed E-state index contributed by atoms with van der Waals surface area (Å²) in [5.41, 5.74) is 1.06. The summed E-state index contributed by atoms with van der Waals surface area (Å²) in [6.07, 6.45) is 2.09. The highest BCUT2D eigenvalue weighted by Gasteiger charge is 2.30. The minimum Gasteiger partial charge on any atom is -0.389 e. The van der Waals surface area contributed by atoms with Gasteiger partial charge in [0, 0.05) is 41.8 Å². The third-order valence-corrected chi connectivity index (χ3v) is 6.60. The zero-order valence-electron chi connectivity index (χ0n) is 18.7. The average Bonchev–Trinajstić information content (AvgIpc) is 3.38. The second-order valence-corrected chi connectivity index (χ2v) is 9.22. The Bertz CT molecular complexity index is 1160. The number of hydrogen-bond acceptors (Lipinski definition) is 7. The molecule has 33 heavy (non-hydrogen) atoms. The number of aliphatic hydroxyl groups excluding tert-OH is 1. The fourth-order valence-corrected chi connectivity index (χ4v) is 4.89. The molecule has 4 rings (SSSR count). The molecular weight excluding hydrogens is 445 g/mol. The van der Waals surface area contributed by atoms with Gasteiger partial charge in [-0.1, -0.05) is 24.8 Å². The van der Waals surface area contributed by atoms with Gasteiger partial charge in [-0.3, -0.25) is 0 Å². The van der Waals surface area contributed by atoms with E-state index in [1.807, 2.05) is 11.8 Å². The van der Waals surface area contributed by atoms with Crippen LogP contribution in [0.15, 0.2) is 52.9 Å². The van der Waals surface area contributed by atoms with Gasteiger partial charge in [-0.15, -0.1) is 11.3 Å². The van der Waals surface area contributed by atoms with Crippen molar-refractivity contribution in [2.24, 2.45) is 0 Å². The van der Waals surface area contributed by atoms with Crippen molar-refractivity contribution in [3.8, 4) is 5.13 Å². The molecule has 1 fully saturated rings. The molecule has 0 saturated carbocycles. The molecule has 1 aliphatic rings. The van der Waals surface area contributed by atoms with Gasteiger partial charge in [0.2, 0.25) is 0 Å². The molecule has 3 unspecified atom stereocenters. The molecule has 3 aromatic rings. The molecule has 0 spiro atoms. The van der Waals surface area contributed by atoms with Gasteiger partial charge in [0.25, 0.3) is 0 Å². The van der Waals surface area contributed by atoms with Crippen molar-refractivity contribution < 1.29 is 14.2 Å². The van der Waals surface area contributed by atoms with Crippen molar-refractivity contribution in [3.63, 3.8) is 0 Å². The highest BCUT2D eigenvalue weighted by Crippen LogP contribution is 2.28. The Hall–Kier alpha value is -2.82. The third kappa shape index (κ3) is 5.23. The first-order chi connectivity index (χ1) is 15.8. The predicted molar refractivity (Wildman–Crippen MR) is 124 cm³/mol. The van der Waals surface area contributed by atoms with Crippen LogP contribution in [0.25, 0.3) is 5.13 Å². The minimum atomic E-state index is -0.808. The standard InChI is InChI=1S/C23H28FN5O3S/c1-15-10-20(32-14-18-6-4-5-7-21(18)24)11-16(2)27(15)12-19(30)13-28-23(31)29(17(3)26-28)22-25-8-9-33-22/h4-9,16,19-20,30H,1,10-14H2,2-3H3. The number of thiazole rings is 1. The molecular formula is C23H28FN5O3S. The van der Waals surface area contributed by atoms with E-state index in [2.05, 4.69) is 16.7 Å². The summed E-state index contributed by atoms with van der Waals surface area (Å²) in [5, 5.41) is 17.4. The number of hydrogen-bond donors (Lipinski definition) is 1. The van der Waals surface area contributed by atoms with E-state index in [9.17, 15) is 14.3 Å². The Morgan fingerprint density at radius 3 is 2.85 bits per heavy atom. The van der Waals surface area contributed by atoms with E-state index in [0.717, 1.165) is 12.1 Å². The smallest absolute Gasteiger partial charge is 0.352 e. The maximum atomic E-state index is 13.8. The molecule has 0 aliphatic carbocycles. The van der Waals surface area contributed by atoms with Gasteiger partial charge in [-0.2, -0.15) is 5.10 Å². The minimum absolute atomic E-state index is 0.0697. The summed E-state index contributed by atoms with van der Waals surface area (Å²) >= 11 is 1.35. The lowest BCUT2D eigenvalue weighted by atomic mass is 9.97. The highest BCUT2D eigenvalue weighted by molar-refractivity contribution is 7.12. The number of piperidine rings is 1. The first kappa shape index (κ1) is 23.3. The number of benzene rings is 1. The Kier molecular flexibility index (Phi) is 7.06. The van der Waals surface area contributed by atoms with Gasteiger partial charge in [0.15, 0.2) is 5.13 Å². The zero-order chi connectivity index (χ0) is 23.5. The lowest BCUT2D eigenvalue weighted by Crippen LogP contribution is -2.46. The van der Waals surface area contributed by atoms with Crippen molar-refractivity contribution in [2.75, 3.05) is 6.54 Å². The van der Waals surface area contributed by atoms with Gasteiger partial charge in [0.05, 0.1) is 25.4 Å². The summed E-state index contributed by atoms with van der Waals surface area (Å²) in [4.78, 5) is 19.0. The first-order valence-corrected chi connectivity index (χ1v) is 11.7. The van der Waals surface area contributed by atoms with Gasteiger partial charge < -0.3 is 14.7 Å². The summed E-state index contributed by atoms with van der Waals surface area (Å²) < 4.78 is 22.5. The van der Waals surface area contributed by atoms with E-state index in [1.54, 1.807) is 36.7 Å². The van der Waals surface area contributed by atoms with Crippen molar-refractivity contribution >= 4 is 11.3 Å². The molecule has 10 heteroatoms. The van der Waals surface area contributed by atoms with Gasteiger partial charge in [-0.05, 0) is 26.3 Å². The van der Waals surface area contributed by atoms with Crippen molar-refractivity contribution in [1.29, 1.82) is 0 Å². The maximum absolute atomic E-state index is 13.8. The lowest BCUT2D eigenvalue weighted by molar-refractivity contribution is -0.0137. The fraction of sp³-hybridized carbons (Fsp3) is 0.435. The first-order valence-electron chi connectivity index (χ1n) is 10.9. The topological polar surface area (TPSA) is 85.4 Å². The molecule has 176 valence electrons. The number of aryl methyl sites for hydroxylation is 1. The van der Waals surface area contributed by atoms with E-state index in [1.165, 1.54) is 26.7 Å². The van der Waals surface area contributed by atoms with Gasteiger partial charge >= 0.3 is 5.69 Å². The van der Waals surface area contributed by atoms with Crippen LogP contribution in [0.2, 0.25) is 0 Å². The number of aliphatic hydroxyl groups is 1. The SMILES string of the molecule is C=C1CC(OCc2ccccc2F)CC(C)N1CC(O)Cn1nc(C)n(-c2nccs2)c1=O. The van der Waals surface area contributed by atoms with Gasteiger partial charge in [0.1, 0.15) is 11.6 Å². The Balaban J connectivity index is 1.34. The molecule has 0 bridgehead atoms. The van der Waals surface area contributed by atoms with E-state index < -0.39 is 6.10 Å². The van der Waals surface area contributed by atoms with Crippen LogP contribution in [-0.4, -0.2) is 54.1 Å². The number of likely N-dealkylation sites (tertiary alicyclic amines) is 1. The van der Waals surface area contributed by atoms with E-state index in [-0.39, 0.29) is 36.8 Å². The van der Waals surface area contributed by atoms with E-state index in [0.29, 0.717) is 29.5 Å². The Labute approximate surface area is 195 Å². The molecule has 3 atom stereocenters. The summed E-state index contributed by atoms with van der Waals surface area (Å²) in [6.45, 7) is 8.56. The molecule has 0 amide bonds. The molecule has 1 saturated heterocycles. The number of ether oxygens (including phenoxy) is 1. The summed E-state index contributed by atoms with van der Waals surface area (Å²) in [5.74, 6) is 0.250. The zero-order valence-corrected chi connectivity index (χ0v) is 19.5. The molecule has 1 aromatic carbocycles. The summed E-state index contributed by atoms with van der Waals surface area (Å²) in [7, 11) is 0. The number of rotatable bonds is 8. The number of nitrogens with zero attached hydrogens (tertiary/aromatic N) is 5. The second-order valence-electron chi connectivity index (χ2n) is 8.35. The Morgan fingerprint density at radius 2 is 2.15 bits per heavy atom. The maximum Gasteiger partial charge on any atom is 0.352 e. The van der Waals surface area contributed by atoms with Crippen LogP contribution in [0.3, 0.4) is 0 Å². The van der Waals surface area contributed by atoms with E-state index in [4.69, 9.17) is 4.74 Å². The molecule has 2 aromatic heterocycles. The molecule has 8 nitrogen and oxygen atoms in total. The quantitative estimate of drug-likeness (QED) is 0.542. The second kappa shape index (κ2) is 9.98. The Morgan fingerprint density at radius 1 is 1.36 bits per heavy atom. The highest BCUT2D eigenvalue weighted by atomic mass is 32.1. The van der Waals surface area contributed by atoms with Crippen LogP contribution < -0.4 is 5.69 Å². The molecule has 1 N–H and O–H groups in total. The summed E-state index contributed by atoms with van der Waals surface area (Å²) in [6, 6.07) is 6.68. The third-order valence-electron chi connectivity index (χ3n) is 5.84.